The van der Waals surface area contributed by atoms with E-state index in [2.05, 4.69) is 24.8 Å². The van der Waals surface area contributed by atoms with Gasteiger partial charge in [-0.2, -0.15) is 13.2 Å². The average molecular weight is 428 g/mol. The summed E-state index contributed by atoms with van der Waals surface area (Å²) in [5.74, 6) is -1.38. The van der Waals surface area contributed by atoms with Crippen LogP contribution in [0.2, 0.25) is 0 Å². The van der Waals surface area contributed by atoms with Crippen molar-refractivity contribution in [1.29, 1.82) is 0 Å². The van der Waals surface area contributed by atoms with Gasteiger partial charge in [0.25, 0.3) is 0 Å². The zero-order valence-corrected chi connectivity index (χ0v) is 15.5. The molecule has 1 aromatic heterocycles. The standard InChI is InChI=1S/C17H15F3N4O4S/c18-17(19,20)15-24-13-10-11(6-7-14(13)28-15)23-16(25)21-8-9-22-29(26,27)12-4-2-1-3-5-12/h1-7,10,22H,8-9H2,(H2,21,23,25). The minimum absolute atomic E-state index is 0.0116. The molecule has 0 bridgehead atoms. The van der Waals surface area contributed by atoms with E-state index in [0.29, 0.717) is 0 Å². The maximum absolute atomic E-state index is 12.6. The predicted octanol–water partition coefficient (Wildman–Crippen LogP) is 2.95. The summed E-state index contributed by atoms with van der Waals surface area (Å²) in [5, 5.41) is 4.85. The topological polar surface area (TPSA) is 113 Å². The van der Waals surface area contributed by atoms with Gasteiger partial charge in [0.05, 0.1) is 4.90 Å². The fourth-order valence-electron chi connectivity index (χ4n) is 2.35. The van der Waals surface area contributed by atoms with E-state index in [4.69, 9.17) is 0 Å². The van der Waals surface area contributed by atoms with E-state index in [1.807, 2.05) is 0 Å². The van der Waals surface area contributed by atoms with E-state index in [-0.39, 0.29) is 34.8 Å². The molecule has 29 heavy (non-hydrogen) atoms. The molecule has 0 aliphatic rings. The minimum Gasteiger partial charge on any atom is -0.433 e. The number of anilines is 1. The summed E-state index contributed by atoms with van der Waals surface area (Å²) in [6, 6.07) is 10.9. The van der Waals surface area contributed by atoms with Crippen molar-refractivity contribution in [3.05, 3.63) is 54.4 Å². The monoisotopic (exact) mass is 428 g/mol. The van der Waals surface area contributed by atoms with Crippen molar-refractivity contribution in [3.8, 4) is 0 Å². The van der Waals surface area contributed by atoms with E-state index in [9.17, 15) is 26.4 Å². The second-order valence-corrected chi connectivity index (χ2v) is 7.56. The van der Waals surface area contributed by atoms with Crippen LogP contribution < -0.4 is 15.4 Å². The molecule has 0 radical (unpaired) electrons. The second kappa shape index (κ2) is 8.09. The van der Waals surface area contributed by atoms with Gasteiger partial charge in [-0.15, -0.1) is 0 Å². The summed E-state index contributed by atoms with van der Waals surface area (Å²) in [4.78, 5) is 15.3. The fraction of sp³-hybridized carbons (Fsp3) is 0.176. The van der Waals surface area contributed by atoms with Crippen LogP contribution in [0.25, 0.3) is 11.1 Å². The summed E-state index contributed by atoms with van der Waals surface area (Å²) >= 11 is 0. The summed E-state index contributed by atoms with van der Waals surface area (Å²) in [5.41, 5.74) is 0.0613. The third-order valence-corrected chi connectivity index (χ3v) is 5.12. The fourth-order valence-corrected chi connectivity index (χ4v) is 3.40. The molecule has 0 atom stereocenters. The number of aromatic nitrogens is 1. The Balaban J connectivity index is 1.52. The third-order valence-electron chi connectivity index (χ3n) is 3.64. The lowest BCUT2D eigenvalue weighted by atomic mass is 10.3. The van der Waals surface area contributed by atoms with E-state index in [1.54, 1.807) is 18.2 Å². The zero-order chi connectivity index (χ0) is 21.1. The van der Waals surface area contributed by atoms with Gasteiger partial charge in [-0.25, -0.2) is 22.9 Å². The van der Waals surface area contributed by atoms with Gasteiger partial charge >= 0.3 is 18.1 Å². The average Bonchev–Trinajstić information content (AvgIpc) is 3.10. The largest absolute Gasteiger partial charge is 0.468 e. The molecule has 0 aliphatic carbocycles. The summed E-state index contributed by atoms with van der Waals surface area (Å²) < 4.78 is 68.9. The van der Waals surface area contributed by atoms with Gasteiger partial charge in [0.1, 0.15) is 5.52 Å². The number of oxazole rings is 1. The molecule has 2 amide bonds. The summed E-state index contributed by atoms with van der Waals surface area (Å²) in [6.07, 6.45) is -4.71. The highest BCUT2D eigenvalue weighted by atomic mass is 32.2. The Bertz CT molecular complexity index is 1110. The molecule has 0 fully saturated rings. The normalized spacial score (nSPS) is 12.1. The maximum atomic E-state index is 12.6. The number of rotatable bonds is 6. The minimum atomic E-state index is -4.71. The maximum Gasteiger partial charge on any atom is 0.468 e. The van der Waals surface area contributed by atoms with E-state index in [1.165, 1.54) is 30.3 Å². The van der Waals surface area contributed by atoms with Crippen LogP contribution in [0.1, 0.15) is 5.89 Å². The van der Waals surface area contributed by atoms with Crippen molar-refractivity contribution in [2.75, 3.05) is 18.4 Å². The first kappa shape index (κ1) is 20.6. The van der Waals surface area contributed by atoms with Crippen LogP contribution in [-0.2, 0) is 16.2 Å². The van der Waals surface area contributed by atoms with Crippen LogP contribution in [0, 0.1) is 0 Å². The lowest BCUT2D eigenvalue weighted by Crippen LogP contribution is -2.36. The van der Waals surface area contributed by atoms with Crippen molar-refractivity contribution < 1.29 is 30.8 Å². The van der Waals surface area contributed by atoms with E-state index in [0.717, 1.165) is 0 Å². The van der Waals surface area contributed by atoms with Crippen molar-refractivity contribution in [2.45, 2.75) is 11.1 Å². The lowest BCUT2D eigenvalue weighted by Gasteiger charge is -2.09. The number of benzene rings is 2. The highest BCUT2D eigenvalue weighted by Gasteiger charge is 2.37. The van der Waals surface area contributed by atoms with Crippen LogP contribution in [-0.4, -0.2) is 32.5 Å². The van der Waals surface area contributed by atoms with Crippen LogP contribution >= 0.6 is 0 Å². The Morgan fingerprint density at radius 1 is 1.07 bits per heavy atom. The van der Waals surface area contributed by atoms with Gasteiger partial charge in [0.2, 0.25) is 10.0 Å². The zero-order valence-electron chi connectivity index (χ0n) is 14.7. The number of nitrogens with one attached hydrogen (secondary N) is 3. The molecular weight excluding hydrogens is 413 g/mol. The Morgan fingerprint density at radius 2 is 1.79 bits per heavy atom. The van der Waals surface area contributed by atoms with Gasteiger partial charge in [-0.3, -0.25) is 0 Å². The highest BCUT2D eigenvalue weighted by Crippen LogP contribution is 2.31. The number of carbonyl (C=O) groups is 1. The smallest absolute Gasteiger partial charge is 0.433 e. The first-order valence-electron chi connectivity index (χ1n) is 8.22. The predicted molar refractivity (Wildman–Crippen MR) is 97.7 cm³/mol. The summed E-state index contributed by atoms with van der Waals surface area (Å²) in [6.45, 7) is -0.0652. The number of urea groups is 1. The van der Waals surface area contributed by atoms with Crippen molar-refractivity contribution >= 4 is 32.8 Å². The molecule has 1 heterocycles. The first-order chi connectivity index (χ1) is 13.6. The van der Waals surface area contributed by atoms with Gasteiger partial charge < -0.3 is 15.1 Å². The number of sulfonamides is 1. The number of carbonyl (C=O) groups excluding carboxylic acids is 1. The number of alkyl halides is 3. The van der Waals surface area contributed by atoms with Crippen molar-refractivity contribution in [2.24, 2.45) is 0 Å². The highest BCUT2D eigenvalue weighted by molar-refractivity contribution is 7.89. The number of nitrogens with zero attached hydrogens (tertiary/aromatic N) is 1. The Kier molecular flexibility index (Phi) is 5.75. The van der Waals surface area contributed by atoms with Crippen LogP contribution in [0.5, 0.6) is 0 Å². The molecule has 154 valence electrons. The quantitative estimate of drug-likeness (QED) is 0.523. The third kappa shape index (κ3) is 5.23. The van der Waals surface area contributed by atoms with Gasteiger partial charge in [-0.1, -0.05) is 18.2 Å². The Morgan fingerprint density at radius 3 is 2.48 bits per heavy atom. The molecule has 8 nitrogen and oxygen atoms in total. The SMILES string of the molecule is O=C(NCCNS(=O)(=O)c1ccccc1)Nc1ccc2oc(C(F)(F)F)nc2c1. The van der Waals surface area contributed by atoms with Crippen molar-refractivity contribution in [3.63, 3.8) is 0 Å². The summed E-state index contributed by atoms with van der Waals surface area (Å²) in [7, 11) is -3.68. The van der Waals surface area contributed by atoms with Gasteiger partial charge in [0.15, 0.2) is 5.58 Å². The molecule has 0 unspecified atom stereocenters. The van der Waals surface area contributed by atoms with Crippen LogP contribution in [0.15, 0.2) is 57.8 Å². The second-order valence-electron chi connectivity index (χ2n) is 5.79. The van der Waals surface area contributed by atoms with E-state index < -0.39 is 28.1 Å². The number of hydrogen-bond acceptors (Lipinski definition) is 5. The van der Waals surface area contributed by atoms with Crippen LogP contribution in [0.3, 0.4) is 0 Å². The lowest BCUT2D eigenvalue weighted by molar-refractivity contribution is -0.156. The first-order valence-corrected chi connectivity index (χ1v) is 9.71. The molecule has 12 heteroatoms. The van der Waals surface area contributed by atoms with Crippen LogP contribution in [0.4, 0.5) is 23.7 Å². The molecular formula is C17H15F3N4O4S. The molecule has 3 aromatic rings. The number of hydrogen-bond donors (Lipinski definition) is 3. The molecule has 0 saturated heterocycles. The molecule has 0 aliphatic heterocycles. The number of fused-ring (bicyclic) bond motifs is 1. The molecule has 0 spiro atoms. The van der Waals surface area contributed by atoms with Gasteiger partial charge in [0, 0.05) is 18.8 Å². The Hall–Kier alpha value is -3.12. The molecule has 2 aromatic carbocycles. The van der Waals surface area contributed by atoms with Crippen molar-refractivity contribution in [1.82, 2.24) is 15.0 Å². The Labute approximate surface area is 163 Å². The molecule has 0 saturated carbocycles. The van der Waals surface area contributed by atoms with Gasteiger partial charge in [-0.05, 0) is 30.3 Å². The molecule has 3 N–H and O–H groups in total. The van der Waals surface area contributed by atoms with E-state index >= 15 is 0 Å². The number of amides is 2. The molecule has 3 rings (SSSR count). The number of halogens is 3.